The maximum atomic E-state index is 12.8. The number of hydrogen-bond donors (Lipinski definition) is 1. The molecule has 2 aromatic rings. The summed E-state index contributed by atoms with van der Waals surface area (Å²) in [5.74, 6) is 0.880. The number of nitrogens with zero attached hydrogens (tertiary/aromatic N) is 1. The number of halogens is 1. The largest absolute Gasteiger partial charge is 0.490 e. The molecule has 0 aromatic heterocycles. The maximum Gasteiger partial charge on any atom is 0.246 e. The average molecular weight is 441 g/mol. The van der Waals surface area contributed by atoms with Crippen LogP contribution in [0.4, 0.5) is 5.69 Å². The highest BCUT2D eigenvalue weighted by Crippen LogP contribution is 2.38. The second-order valence-electron chi connectivity index (χ2n) is 7.66. The Bertz CT molecular complexity index is 969. The molecule has 1 saturated heterocycles. The van der Waals surface area contributed by atoms with Crippen LogP contribution in [0.2, 0.25) is 5.02 Å². The number of nitrogens with one attached hydrogen (secondary N) is 1. The van der Waals surface area contributed by atoms with E-state index < -0.39 is 0 Å². The average Bonchev–Trinajstić information content (AvgIpc) is 3.03. The van der Waals surface area contributed by atoms with Crippen molar-refractivity contribution >= 4 is 35.2 Å². The van der Waals surface area contributed by atoms with E-state index in [4.69, 9.17) is 21.1 Å². The van der Waals surface area contributed by atoms with Gasteiger partial charge in [-0.25, -0.2) is 0 Å². The van der Waals surface area contributed by atoms with Gasteiger partial charge in [-0.05, 0) is 24.5 Å². The number of carbonyl (C=O) groups is 2. The fraction of sp³-hybridized carbons (Fsp3) is 0.333. The first-order valence-corrected chi connectivity index (χ1v) is 10.9. The van der Waals surface area contributed by atoms with Crippen molar-refractivity contribution in [2.75, 3.05) is 31.6 Å². The number of hydrogen-bond acceptors (Lipinski definition) is 4. The topological polar surface area (TPSA) is 67.9 Å². The van der Waals surface area contributed by atoms with E-state index in [1.165, 1.54) is 0 Å². The minimum absolute atomic E-state index is 0.0337. The van der Waals surface area contributed by atoms with Gasteiger partial charge in [-0.2, -0.15) is 0 Å². The van der Waals surface area contributed by atoms with Gasteiger partial charge in [0.15, 0.2) is 11.5 Å². The first-order valence-electron chi connectivity index (χ1n) is 10.5. The number of ether oxygens (including phenoxy) is 2. The number of benzene rings is 2. The summed E-state index contributed by atoms with van der Waals surface area (Å²) in [5, 5.41) is 3.33. The fourth-order valence-corrected chi connectivity index (χ4v) is 3.91. The van der Waals surface area contributed by atoms with Crippen molar-refractivity contribution in [1.82, 2.24) is 4.90 Å². The Kier molecular flexibility index (Phi) is 6.77. The maximum absolute atomic E-state index is 12.8. The van der Waals surface area contributed by atoms with E-state index in [9.17, 15) is 9.59 Å². The summed E-state index contributed by atoms with van der Waals surface area (Å²) in [7, 11) is 0. The van der Waals surface area contributed by atoms with Gasteiger partial charge in [-0.15, -0.1) is 0 Å². The van der Waals surface area contributed by atoms with Crippen LogP contribution in [0, 0.1) is 5.92 Å². The van der Waals surface area contributed by atoms with E-state index in [1.807, 2.05) is 36.4 Å². The number of fused-ring (bicyclic) bond motifs is 1. The summed E-state index contributed by atoms with van der Waals surface area (Å²) in [5.41, 5.74) is 1.50. The highest BCUT2D eigenvalue weighted by atomic mass is 35.5. The second-order valence-corrected chi connectivity index (χ2v) is 8.07. The van der Waals surface area contributed by atoms with Crippen molar-refractivity contribution in [1.29, 1.82) is 0 Å². The molecule has 2 aromatic carbocycles. The Morgan fingerprint density at radius 3 is 2.42 bits per heavy atom. The smallest absolute Gasteiger partial charge is 0.246 e. The molecule has 2 amide bonds. The van der Waals surface area contributed by atoms with E-state index in [0.717, 1.165) is 12.0 Å². The lowest BCUT2D eigenvalue weighted by molar-refractivity contribution is -0.130. The molecular weight excluding hydrogens is 416 g/mol. The van der Waals surface area contributed by atoms with Gasteiger partial charge in [-0.3, -0.25) is 9.59 Å². The third kappa shape index (κ3) is 5.39. The third-order valence-corrected chi connectivity index (χ3v) is 5.80. The third-order valence-electron chi connectivity index (χ3n) is 5.49. The highest BCUT2D eigenvalue weighted by Gasteiger charge is 2.27. The van der Waals surface area contributed by atoms with E-state index in [1.54, 1.807) is 23.1 Å². The van der Waals surface area contributed by atoms with Crippen molar-refractivity contribution in [2.45, 2.75) is 19.3 Å². The van der Waals surface area contributed by atoms with Gasteiger partial charge in [0.1, 0.15) is 0 Å². The van der Waals surface area contributed by atoms with Gasteiger partial charge >= 0.3 is 0 Å². The van der Waals surface area contributed by atoms with Gasteiger partial charge in [0.05, 0.1) is 23.9 Å². The minimum Gasteiger partial charge on any atom is -0.490 e. The zero-order chi connectivity index (χ0) is 21.6. The number of likely N-dealkylation sites (tertiary alicyclic amines) is 1. The number of rotatable bonds is 4. The van der Waals surface area contributed by atoms with Crippen LogP contribution in [0.15, 0.2) is 48.5 Å². The lowest BCUT2D eigenvalue weighted by atomic mass is 9.95. The molecule has 0 spiro atoms. The van der Waals surface area contributed by atoms with Crippen LogP contribution < -0.4 is 14.8 Å². The Morgan fingerprint density at radius 1 is 1.03 bits per heavy atom. The number of piperidine rings is 1. The number of anilines is 1. The molecule has 2 aliphatic rings. The molecule has 1 fully saturated rings. The zero-order valence-corrected chi connectivity index (χ0v) is 17.9. The highest BCUT2D eigenvalue weighted by molar-refractivity contribution is 6.34. The molecule has 1 N–H and O–H groups in total. The van der Waals surface area contributed by atoms with Crippen molar-refractivity contribution < 1.29 is 19.1 Å². The van der Waals surface area contributed by atoms with Crippen LogP contribution >= 0.6 is 11.6 Å². The van der Waals surface area contributed by atoms with Crippen LogP contribution in [0.5, 0.6) is 11.5 Å². The van der Waals surface area contributed by atoms with Gasteiger partial charge in [-0.1, -0.05) is 41.9 Å². The Balaban J connectivity index is 1.32. The standard InChI is InChI=1S/C24H25ClN2O4/c25-19-15-21-22(31-14-4-13-30-21)16-20(19)26-24(29)18-9-11-27(12-10-18)23(28)8-7-17-5-2-1-3-6-17/h1-3,5-8,15-16,18H,4,9-14H2,(H,26,29)/b8-7+. The van der Waals surface area contributed by atoms with E-state index in [-0.39, 0.29) is 17.7 Å². The number of carbonyl (C=O) groups excluding carboxylic acids is 2. The quantitative estimate of drug-likeness (QED) is 0.716. The van der Waals surface area contributed by atoms with Crippen LogP contribution in [0.1, 0.15) is 24.8 Å². The van der Waals surface area contributed by atoms with Crippen molar-refractivity contribution in [3.05, 3.63) is 59.1 Å². The Morgan fingerprint density at radius 2 is 1.71 bits per heavy atom. The SMILES string of the molecule is O=C(Nc1cc2c(cc1Cl)OCCCO2)C1CCN(C(=O)/C=C/c2ccccc2)CC1. The van der Waals surface area contributed by atoms with E-state index in [0.29, 0.717) is 61.4 Å². The predicted molar refractivity (Wildman–Crippen MR) is 120 cm³/mol. The van der Waals surface area contributed by atoms with Crippen LogP contribution in [-0.2, 0) is 9.59 Å². The van der Waals surface area contributed by atoms with Gasteiger partial charge in [0.25, 0.3) is 0 Å². The lowest BCUT2D eigenvalue weighted by Crippen LogP contribution is -2.40. The van der Waals surface area contributed by atoms with Crippen molar-refractivity contribution in [3.8, 4) is 11.5 Å². The summed E-state index contributed by atoms with van der Waals surface area (Å²) in [6.45, 7) is 2.23. The molecule has 2 heterocycles. The van der Waals surface area contributed by atoms with Crippen LogP contribution in [0.25, 0.3) is 6.08 Å². The summed E-state index contributed by atoms with van der Waals surface area (Å²) < 4.78 is 11.3. The molecule has 0 saturated carbocycles. The fourth-order valence-electron chi connectivity index (χ4n) is 3.71. The zero-order valence-electron chi connectivity index (χ0n) is 17.2. The lowest BCUT2D eigenvalue weighted by Gasteiger charge is -2.30. The molecule has 0 unspecified atom stereocenters. The molecule has 6 nitrogen and oxygen atoms in total. The molecule has 0 radical (unpaired) electrons. The van der Waals surface area contributed by atoms with Crippen molar-refractivity contribution in [3.63, 3.8) is 0 Å². The molecule has 0 atom stereocenters. The molecule has 0 bridgehead atoms. The van der Waals surface area contributed by atoms with Crippen molar-refractivity contribution in [2.24, 2.45) is 5.92 Å². The normalized spacial score (nSPS) is 16.7. The van der Waals surface area contributed by atoms with Crippen LogP contribution in [0.3, 0.4) is 0 Å². The molecule has 4 rings (SSSR count). The van der Waals surface area contributed by atoms with Gasteiger partial charge in [0, 0.05) is 43.6 Å². The van der Waals surface area contributed by atoms with E-state index >= 15 is 0 Å². The van der Waals surface area contributed by atoms with Gasteiger partial charge in [0.2, 0.25) is 11.8 Å². The molecular formula is C24H25ClN2O4. The second kappa shape index (κ2) is 9.88. The van der Waals surface area contributed by atoms with E-state index in [2.05, 4.69) is 5.32 Å². The molecule has 2 aliphatic heterocycles. The first-order chi connectivity index (χ1) is 15.1. The Labute approximate surface area is 186 Å². The summed E-state index contributed by atoms with van der Waals surface area (Å²) in [6.07, 6.45) is 5.42. The summed E-state index contributed by atoms with van der Waals surface area (Å²) in [4.78, 5) is 27.0. The molecule has 0 aliphatic carbocycles. The van der Waals surface area contributed by atoms with Crippen LogP contribution in [-0.4, -0.2) is 43.0 Å². The number of amides is 2. The Hall–Kier alpha value is -2.99. The molecule has 7 heteroatoms. The first kappa shape index (κ1) is 21.2. The monoisotopic (exact) mass is 440 g/mol. The summed E-state index contributed by atoms with van der Waals surface area (Å²) >= 11 is 6.34. The van der Waals surface area contributed by atoms with Gasteiger partial charge < -0.3 is 19.7 Å². The molecule has 162 valence electrons. The predicted octanol–water partition coefficient (Wildman–Crippen LogP) is 4.39. The minimum atomic E-state index is -0.172. The molecule has 31 heavy (non-hydrogen) atoms. The summed E-state index contributed by atoms with van der Waals surface area (Å²) in [6, 6.07) is 13.1.